The third kappa shape index (κ3) is 5.66. The highest BCUT2D eigenvalue weighted by Gasteiger charge is 2.32. The summed E-state index contributed by atoms with van der Waals surface area (Å²) in [4.78, 5) is 15.3. The van der Waals surface area contributed by atoms with Gasteiger partial charge in [0.15, 0.2) is 9.84 Å². The largest absolute Gasteiger partial charge is 0.490 e. The summed E-state index contributed by atoms with van der Waals surface area (Å²) in [7, 11) is -3.02. The van der Waals surface area contributed by atoms with Crippen molar-refractivity contribution in [3.8, 4) is 5.75 Å². The van der Waals surface area contributed by atoms with Crippen LogP contribution in [-0.2, 0) is 21.2 Å². The van der Waals surface area contributed by atoms with E-state index in [9.17, 15) is 13.2 Å². The highest BCUT2D eigenvalue weighted by Crippen LogP contribution is 2.27. The number of hydrogen-bond donors (Lipinski definition) is 1. The molecule has 1 amide bonds. The van der Waals surface area contributed by atoms with Crippen LogP contribution < -0.4 is 10.1 Å². The summed E-state index contributed by atoms with van der Waals surface area (Å²) < 4.78 is 29.9. The molecule has 1 heterocycles. The molecule has 2 aromatic rings. The van der Waals surface area contributed by atoms with Gasteiger partial charge in [0.1, 0.15) is 11.8 Å². The predicted octanol–water partition coefficient (Wildman–Crippen LogP) is 3.10. The van der Waals surface area contributed by atoms with E-state index in [0.29, 0.717) is 19.6 Å². The Labute approximate surface area is 184 Å². The van der Waals surface area contributed by atoms with Crippen LogP contribution >= 0.6 is 0 Å². The number of nitrogens with one attached hydrogen (secondary N) is 1. The first-order chi connectivity index (χ1) is 15.0. The second-order valence-corrected chi connectivity index (χ2v) is 10.7. The van der Waals surface area contributed by atoms with Gasteiger partial charge in [0.05, 0.1) is 17.6 Å². The molecule has 2 fully saturated rings. The first kappa shape index (κ1) is 21.8. The Bertz CT molecular complexity index is 974. The number of carbonyl (C=O) groups excluding carboxylic acids is 1. The first-order valence-corrected chi connectivity index (χ1v) is 12.9. The number of carbonyl (C=O) groups is 1. The monoisotopic (exact) mass is 442 g/mol. The van der Waals surface area contributed by atoms with E-state index >= 15 is 0 Å². The lowest BCUT2D eigenvalue weighted by molar-refractivity contribution is -0.126. The maximum Gasteiger partial charge on any atom is 0.242 e. The van der Waals surface area contributed by atoms with Gasteiger partial charge in [-0.25, -0.2) is 8.42 Å². The van der Waals surface area contributed by atoms with Crippen molar-refractivity contribution < 1.29 is 17.9 Å². The van der Waals surface area contributed by atoms with E-state index in [-0.39, 0.29) is 23.5 Å². The van der Waals surface area contributed by atoms with Gasteiger partial charge in [-0.1, -0.05) is 48.5 Å². The molecule has 7 heteroatoms. The Morgan fingerprint density at radius 1 is 1.00 bits per heavy atom. The van der Waals surface area contributed by atoms with Gasteiger partial charge in [0.2, 0.25) is 5.91 Å². The molecule has 2 aliphatic rings. The third-order valence-corrected chi connectivity index (χ3v) is 7.74. The smallest absolute Gasteiger partial charge is 0.242 e. The van der Waals surface area contributed by atoms with Crippen LogP contribution in [0.1, 0.15) is 42.9 Å². The van der Waals surface area contributed by atoms with Crippen LogP contribution in [0.25, 0.3) is 0 Å². The van der Waals surface area contributed by atoms with Crippen LogP contribution in [0.2, 0.25) is 0 Å². The Morgan fingerprint density at radius 3 is 2.35 bits per heavy atom. The Balaban J connectivity index is 1.47. The fraction of sp³-hybridized carbons (Fsp3) is 0.458. The summed E-state index contributed by atoms with van der Waals surface area (Å²) in [6, 6.07) is 16.9. The highest BCUT2D eigenvalue weighted by atomic mass is 32.2. The minimum absolute atomic E-state index is 0.0850. The van der Waals surface area contributed by atoms with Gasteiger partial charge in [0, 0.05) is 25.2 Å². The van der Waals surface area contributed by atoms with Crippen molar-refractivity contribution in [3.63, 3.8) is 0 Å². The molecular formula is C24H30N2O4S. The number of amides is 1. The fourth-order valence-corrected chi connectivity index (χ4v) is 5.61. The number of para-hydroxylation sites is 1. The van der Waals surface area contributed by atoms with Crippen LogP contribution in [0, 0.1) is 0 Å². The van der Waals surface area contributed by atoms with E-state index in [2.05, 4.69) is 5.32 Å². The molecule has 0 aromatic heterocycles. The molecule has 166 valence electrons. The van der Waals surface area contributed by atoms with Crippen molar-refractivity contribution in [1.82, 2.24) is 10.2 Å². The second-order valence-electron chi connectivity index (χ2n) is 8.35. The molecule has 0 spiro atoms. The minimum atomic E-state index is -3.02. The van der Waals surface area contributed by atoms with Crippen molar-refractivity contribution in [2.24, 2.45) is 0 Å². The van der Waals surface area contributed by atoms with Crippen molar-refractivity contribution >= 4 is 15.7 Å². The maximum absolute atomic E-state index is 13.3. The van der Waals surface area contributed by atoms with Crippen molar-refractivity contribution in [2.75, 3.05) is 24.6 Å². The molecule has 1 saturated heterocycles. The van der Waals surface area contributed by atoms with Crippen molar-refractivity contribution in [2.45, 2.75) is 44.4 Å². The number of rotatable bonds is 7. The first-order valence-electron chi connectivity index (χ1n) is 11.0. The predicted molar refractivity (Wildman–Crippen MR) is 121 cm³/mol. The van der Waals surface area contributed by atoms with E-state index in [1.165, 1.54) is 12.8 Å². The third-order valence-electron chi connectivity index (χ3n) is 6.13. The molecule has 4 rings (SSSR count). The highest BCUT2D eigenvalue weighted by molar-refractivity contribution is 7.91. The van der Waals surface area contributed by atoms with Crippen LogP contribution in [-0.4, -0.2) is 49.9 Å². The van der Waals surface area contributed by atoms with E-state index in [4.69, 9.17) is 4.74 Å². The normalized spacial score (nSPS) is 20.3. The summed E-state index contributed by atoms with van der Waals surface area (Å²) in [6.45, 7) is 1.09. The lowest BCUT2D eigenvalue weighted by Crippen LogP contribution is -2.47. The molecular weight excluding hydrogens is 412 g/mol. The Kier molecular flexibility index (Phi) is 6.92. The second kappa shape index (κ2) is 9.83. The number of nitrogens with zero attached hydrogens (tertiary/aromatic N) is 1. The summed E-state index contributed by atoms with van der Waals surface area (Å²) in [5.74, 6) is 0.875. The molecule has 0 radical (unpaired) electrons. The van der Waals surface area contributed by atoms with Gasteiger partial charge in [0.25, 0.3) is 0 Å². The average Bonchev–Trinajstić information content (AvgIpc) is 3.28. The molecule has 1 unspecified atom stereocenters. The van der Waals surface area contributed by atoms with Gasteiger partial charge < -0.3 is 10.1 Å². The van der Waals surface area contributed by atoms with Gasteiger partial charge in [-0.2, -0.15) is 0 Å². The molecule has 0 bridgehead atoms. The van der Waals surface area contributed by atoms with E-state index in [0.717, 1.165) is 29.7 Å². The number of ether oxygens (including phenoxy) is 1. The zero-order chi connectivity index (χ0) is 21.7. The number of benzene rings is 2. The van der Waals surface area contributed by atoms with Crippen LogP contribution in [0.15, 0.2) is 54.6 Å². The zero-order valence-corrected chi connectivity index (χ0v) is 18.5. The number of hydrogen-bond acceptors (Lipinski definition) is 5. The summed E-state index contributed by atoms with van der Waals surface area (Å²) in [5, 5.41) is 3.07. The summed E-state index contributed by atoms with van der Waals surface area (Å²) >= 11 is 0. The molecule has 1 saturated carbocycles. The lowest BCUT2D eigenvalue weighted by Gasteiger charge is -2.33. The quantitative estimate of drug-likeness (QED) is 0.713. The standard InChI is InChI=1S/C24H30N2O4S/c27-24(25-18-20-10-4-7-13-22(20)30-21-11-5-6-12-21)23(19-8-2-1-3-9-19)26-14-16-31(28,29)17-15-26/h1-4,7-10,13,21,23H,5-6,11-12,14-18H2,(H,25,27). The van der Waals surface area contributed by atoms with E-state index < -0.39 is 15.9 Å². The topological polar surface area (TPSA) is 75.7 Å². The maximum atomic E-state index is 13.3. The lowest BCUT2D eigenvalue weighted by atomic mass is 10.0. The van der Waals surface area contributed by atoms with Gasteiger partial charge in [-0.3, -0.25) is 9.69 Å². The van der Waals surface area contributed by atoms with Crippen LogP contribution in [0.5, 0.6) is 5.75 Å². The van der Waals surface area contributed by atoms with Gasteiger partial charge in [-0.05, 0) is 37.3 Å². The molecule has 1 N–H and O–H groups in total. The molecule has 1 atom stereocenters. The van der Waals surface area contributed by atoms with Gasteiger partial charge >= 0.3 is 0 Å². The molecule has 6 nitrogen and oxygen atoms in total. The van der Waals surface area contributed by atoms with E-state index in [1.807, 2.05) is 59.5 Å². The summed E-state index contributed by atoms with van der Waals surface area (Å²) in [6.07, 6.45) is 4.81. The molecule has 1 aliphatic carbocycles. The molecule has 31 heavy (non-hydrogen) atoms. The van der Waals surface area contributed by atoms with Crippen molar-refractivity contribution in [3.05, 3.63) is 65.7 Å². The molecule has 2 aromatic carbocycles. The molecule has 1 aliphatic heterocycles. The minimum Gasteiger partial charge on any atom is -0.490 e. The number of sulfone groups is 1. The zero-order valence-electron chi connectivity index (χ0n) is 17.7. The van der Waals surface area contributed by atoms with Crippen LogP contribution in [0.3, 0.4) is 0 Å². The Morgan fingerprint density at radius 2 is 1.65 bits per heavy atom. The Hall–Kier alpha value is -2.38. The van der Waals surface area contributed by atoms with Gasteiger partial charge in [-0.15, -0.1) is 0 Å². The SMILES string of the molecule is O=C(NCc1ccccc1OC1CCCC1)C(c1ccccc1)N1CCS(=O)(=O)CC1. The van der Waals surface area contributed by atoms with Crippen molar-refractivity contribution in [1.29, 1.82) is 0 Å². The van der Waals surface area contributed by atoms with Crippen LogP contribution in [0.4, 0.5) is 0 Å². The fourth-order valence-electron chi connectivity index (χ4n) is 4.38. The average molecular weight is 443 g/mol. The van der Waals surface area contributed by atoms with E-state index in [1.54, 1.807) is 0 Å². The summed E-state index contributed by atoms with van der Waals surface area (Å²) in [5.41, 5.74) is 1.82.